The van der Waals surface area contributed by atoms with Gasteiger partial charge < -0.3 is 20.1 Å². The van der Waals surface area contributed by atoms with Crippen LogP contribution in [-0.2, 0) is 11.3 Å². The molecule has 138 valence electrons. The third-order valence-electron chi connectivity index (χ3n) is 3.28. The van der Waals surface area contributed by atoms with Crippen molar-refractivity contribution in [3.05, 3.63) is 28.2 Å². The van der Waals surface area contributed by atoms with Gasteiger partial charge in [0.05, 0.1) is 18.2 Å². The van der Waals surface area contributed by atoms with Gasteiger partial charge in [0.1, 0.15) is 5.75 Å². The maximum atomic E-state index is 5.58. The summed E-state index contributed by atoms with van der Waals surface area (Å²) in [6, 6.07) is 6.01. The van der Waals surface area contributed by atoms with Crippen LogP contribution in [0.15, 0.2) is 27.7 Å². The Kier molecular flexibility index (Phi) is 13.4. The van der Waals surface area contributed by atoms with E-state index in [1.54, 1.807) is 14.2 Å². The normalized spacial score (nSPS) is 11.2. The second kappa shape index (κ2) is 13.7. The number of methoxy groups -OCH3 is 1. The van der Waals surface area contributed by atoms with Crippen LogP contribution in [0.1, 0.15) is 25.8 Å². The molecule has 2 N–H and O–H groups in total. The van der Waals surface area contributed by atoms with E-state index in [0.29, 0.717) is 19.1 Å². The Balaban J connectivity index is 0.00000529. The van der Waals surface area contributed by atoms with Gasteiger partial charge in [-0.2, -0.15) is 0 Å². The lowest BCUT2D eigenvalue weighted by atomic mass is 10.1. The van der Waals surface area contributed by atoms with Crippen molar-refractivity contribution in [3.8, 4) is 5.75 Å². The van der Waals surface area contributed by atoms with Crippen LogP contribution in [0.2, 0.25) is 0 Å². The van der Waals surface area contributed by atoms with Crippen molar-refractivity contribution in [1.82, 2.24) is 10.6 Å². The summed E-state index contributed by atoms with van der Waals surface area (Å²) in [4.78, 5) is 4.21. The molecule has 1 aromatic rings. The minimum atomic E-state index is 0. The van der Waals surface area contributed by atoms with Gasteiger partial charge in [-0.05, 0) is 46.0 Å². The van der Waals surface area contributed by atoms with Crippen LogP contribution in [0.25, 0.3) is 0 Å². The number of halogens is 2. The van der Waals surface area contributed by atoms with Crippen molar-refractivity contribution in [3.63, 3.8) is 0 Å². The van der Waals surface area contributed by atoms with Gasteiger partial charge in [0.25, 0.3) is 0 Å². The molecular weight excluding hydrogens is 485 g/mol. The molecule has 0 aliphatic rings. The fourth-order valence-corrected chi connectivity index (χ4v) is 2.48. The van der Waals surface area contributed by atoms with Gasteiger partial charge in [0.2, 0.25) is 0 Å². The van der Waals surface area contributed by atoms with Crippen molar-refractivity contribution in [2.45, 2.75) is 26.8 Å². The maximum absolute atomic E-state index is 5.58. The Morgan fingerprint density at radius 3 is 2.58 bits per heavy atom. The van der Waals surface area contributed by atoms with E-state index in [2.05, 4.69) is 45.4 Å². The highest BCUT2D eigenvalue weighted by molar-refractivity contribution is 14.0. The monoisotopic (exact) mass is 513 g/mol. The van der Waals surface area contributed by atoms with Gasteiger partial charge in [-0.25, -0.2) is 0 Å². The molecule has 0 aliphatic heterocycles. The lowest BCUT2D eigenvalue weighted by molar-refractivity contribution is 0.128. The molecule has 0 unspecified atom stereocenters. The second-order valence-electron chi connectivity index (χ2n) is 5.62. The van der Waals surface area contributed by atoms with Gasteiger partial charge in [0, 0.05) is 26.7 Å². The molecule has 0 heterocycles. The van der Waals surface area contributed by atoms with E-state index in [1.165, 1.54) is 0 Å². The van der Waals surface area contributed by atoms with Gasteiger partial charge in [-0.1, -0.05) is 19.9 Å². The summed E-state index contributed by atoms with van der Waals surface area (Å²) >= 11 is 3.49. The molecule has 1 rings (SSSR count). The zero-order valence-corrected chi connectivity index (χ0v) is 18.8. The fraction of sp³-hybridized carbons (Fsp3) is 0.588. The summed E-state index contributed by atoms with van der Waals surface area (Å²) in [5, 5.41) is 6.52. The summed E-state index contributed by atoms with van der Waals surface area (Å²) in [5.41, 5.74) is 1.15. The van der Waals surface area contributed by atoms with Crippen molar-refractivity contribution < 1.29 is 9.47 Å². The van der Waals surface area contributed by atoms with Crippen molar-refractivity contribution in [2.75, 3.05) is 33.9 Å². The molecule has 0 bridgehead atoms. The predicted molar refractivity (Wildman–Crippen MR) is 115 cm³/mol. The first-order valence-corrected chi connectivity index (χ1v) is 8.70. The van der Waals surface area contributed by atoms with Crippen LogP contribution in [-0.4, -0.2) is 39.9 Å². The molecule has 5 nitrogen and oxygen atoms in total. The Morgan fingerprint density at radius 2 is 2.00 bits per heavy atom. The van der Waals surface area contributed by atoms with Crippen LogP contribution in [0, 0.1) is 5.92 Å². The van der Waals surface area contributed by atoms with Gasteiger partial charge in [0.15, 0.2) is 5.96 Å². The number of nitrogens with zero attached hydrogens (tertiary/aromatic N) is 1. The SMILES string of the molecule is CN=C(NCCOCCC(C)C)NCc1ccc(OC)c(Br)c1.I. The topological polar surface area (TPSA) is 54.9 Å². The molecule has 0 aromatic heterocycles. The van der Waals surface area contributed by atoms with Crippen LogP contribution in [0.4, 0.5) is 0 Å². The molecule has 0 saturated carbocycles. The number of hydrogen-bond acceptors (Lipinski definition) is 3. The van der Waals surface area contributed by atoms with Crippen LogP contribution >= 0.6 is 39.9 Å². The minimum absolute atomic E-state index is 0. The summed E-state index contributed by atoms with van der Waals surface area (Å²) in [7, 11) is 3.42. The molecule has 0 aliphatic carbocycles. The predicted octanol–water partition coefficient (Wildman–Crippen LogP) is 3.80. The first-order chi connectivity index (χ1) is 11.1. The lowest BCUT2D eigenvalue weighted by Crippen LogP contribution is -2.38. The van der Waals surface area contributed by atoms with Crippen LogP contribution in [0.5, 0.6) is 5.75 Å². The fourth-order valence-electron chi connectivity index (χ4n) is 1.89. The largest absolute Gasteiger partial charge is 0.496 e. The number of rotatable bonds is 9. The van der Waals surface area contributed by atoms with E-state index in [1.807, 2.05) is 18.2 Å². The molecule has 0 amide bonds. The summed E-state index contributed by atoms with van der Waals surface area (Å²) in [5.74, 6) is 2.28. The standard InChI is InChI=1S/C17H28BrN3O2.HI/c1-13(2)7-9-23-10-8-20-17(19-3)21-12-14-5-6-16(22-4)15(18)11-14;/h5-6,11,13H,7-10,12H2,1-4H3,(H2,19,20,21);1H. The number of ether oxygens (including phenoxy) is 2. The molecule has 0 fully saturated rings. The molecule has 0 radical (unpaired) electrons. The highest BCUT2D eigenvalue weighted by atomic mass is 127. The van der Waals surface area contributed by atoms with Gasteiger partial charge in [-0.3, -0.25) is 4.99 Å². The number of nitrogens with one attached hydrogen (secondary N) is 2. The third-order valence-corrected chi connectivity index (χ3v) is 3.90. The molecule has 24 heavy (non-hydrogen) atoms. The Morgan fingerprint density at radius 1 is 1.25 bits per heavy atom. The maximum Gasteiger partial charge on any atom is 0.191 e. The van der Waals surface area contributed by atoms with Crippen molar-refractivity contribution in [2.24, 2.45) is 10.9 Å². The van der Waals surface area contributed by atoms with Gasteiger partial charge in [-0.15, -0.1) is 24.0 Å². The van der Waals surface area contributed by atoms with Crippen LogP contribution in [0.3, 0.4) is 0 Å². The summed E-state index contributed by atoms with van der Waals surface area (Å²) in [6.07, 6.45) is 1.10. The summed E-state index contributed by atoms with van der Waals surface area (Å²) in [6.45, 7) is 7.32. The highest BCUT2D eigenvalue weighted by Crippen LogP contribution is 2.25. The van der Waals surface area contributed by atoms with E-state index in [0.717, 1.165) is 41.3 Å². The molecule has 0 spiro atoms. The zero-order chi connectivity index (χ0) is 17.1. The lowest BCUT2D eigenvalue weighted by Gasteiger charge is -2.13. The van der Waals surface area contributed by atoms with E-state index >= 15 is 0 Å². The van der Waals surface area contributed by atoms with Crippen molar-refractivity contribution >= 4 is 45.9 Å². The molecule has 0 atom stereocenters. The Labute approximate surface area is 171 Å². The minimum Gasteiger partial charge on any atom is -0.496 e. The molecule has 1 aromatic carbocycles. The molecule has 0 saturated heterocycles. The Bertz CT molecular complexity index is 499. The number of aliphatic imine (C=N–C) groups is 1. The zero-order valence-electron chi connectivity index (χ0n) is 14.9. The van der Waals surface area contributed by atoms with E-state index < -0.39 is 0 Å². The quantitative estimate of drug-likeness (QED) is 0.228. The van der Waals surface area contributed by atoms with E-state index in [9.17, 15) is 0 Å². The van der Waals surface area contributed by atoms with Crippen molar-refractivity contribution in [1.29, 1.82) is 0 Å². The van der Waals surface area contributed by atoms with E-state index in [-0.39, 0.29) is 24.0 Å². The molecular formula is C17H29BrIN3O2. The van der Waals surface area contributed by atoms with Crippen LogP contribution < -0.4 is 15.4 Å². The highest BCUT2D eigenvalue weighted by Gasteiger charge is 2.03. The second-order valence-corrected chi connectivity index (χ2v) is 6.47. The first-order valence-electron chi connectivity index (χ1n) is 7.91. The average Bonchev–Trinajstić information content (AvgIpc) is 2.53. The Hall–Kier alpha value is -0.540. The number of guanidine groups is 1. The average molecular weight is 514 g/mol. The number of benzene rings is 1. The van der Waals surface area contributed by atoms with Gasteiger partial charge >= 0.3 is 0 Å². The third kappa shape index (κ3) is 9.68. The smallest absolute Gasteiger partial charge is 0.191 e. The number of hydrogen-bond donors (Lipinski definition) is 2. The first kappa shape index (κ1) is 23.5. The van der Waals surface area contributed by atoms with E-state index in [4.69, 9.17) is 9.47 Å². The summed E-state index contributed by atoms with van der Waals surface area (Å²) < 4.78 is 11.8. The molecule has 7 heteroatoms.